The van der Waals surface area contributed by atoms with Crippen molar-refractivity contribution in [2.75, 3.05) is 18.5 Å². The number of aromatic nitrogens is 2. The second-order valence-corrected chi connectivity index (χ2v) is 5.69. The normalized spacial score (nSPS) is 13.3. The van der Waals surface area contributed by atoms with Crippen LogP contribution in [-0.2, 0) is 11.8 Å². The molecule has 0 aliphatic carbocycles. The van der Waals surface area contributed by atoms with E-state index in [4.69, 9.17) is 9.47 Å². The zero-order chi connectivity index (χ0) is 18.0. The summed E-state index contributed by atoms with van der Waals surface area (Å²) in [6.45, 7) is 4.70. The molecule has 7 nitrogen and oxygen atoms in total. The average Bonchev–Trinajstić information content (AvgIpc) is 2.84. The zero-order valence-corrected chi connectivity index (χ0v) is 14.3. The monoisotopic (exact) mass is 338 g/mol. The Bertz CT molecular complexity index is 906. The lowest BCUT2D eigenvalue weighted by atomic mass is 10.1. The van der Waals surface area contributed by atoms with Gasteiger partial charge < -0.3 is 14.8 Å². The van der Waals surface area contributed by atoms with Gasteiger partial charge in [0.1, 0.15) is 24.9 Å². The second kappa shape index (κ2) is 6.69. The number of hydrogen-bond acceptors (Lipinski definition) is 5. The van der Waals surface area contributed by atoms with Crippen molar-refractivity contribution in [2.45, 2.75) is 13.8 Å². The Hall–Kier alpha value is -3.27. The molecule has 1 N–H and O–H groups in total. The maximum Gasteiger partial charge on any atom is 0.266 e. The largest absolute Gasteiger partial charge is 0.486 e. The molecule has 0 spiro atoms. The Morgan fingerprint density at radius 3 is 2.68 bits per heavy atom. The third-order valence-electron chi connectivity index (χ3n) is 4.02. The molecular weight excluding hydrogens is 320 g/mol. The smallest absolute Gasteiger partial charge is 0.266 e. The standard InChI is InChI=1S/C18H18N4O3/c1-11-15(12(2)22(3)21-11)8-13(10-19)18(23)20-14-4-5-16-17(9-14)25-7-6-24-16/h4-5,8-9H,6-7H2,1-3H3,(H,20,23). The summed E-state index contributed by atoms with van der Waals surface area (Å²) in [7, 11) is 1.82. The summed E-state index contributed by atoms with van der Waals surface area (Å²) in [6, 6.07) is 7.08. The summed E-state index contributed by atoms with van der Waals surface area (Å²) in [5.41, 5.74) is 2.97. The molecule has 1 aliphatic heterocycles. The van der Waals surface area contributed by atoms with Crippen LogP contribution >= 0.6 is 0 Å². The number of nitrogens with zero attached hydrogens (tertiary/aromatic N) is 3. The average molecular weight is 338 g/mol. The lowest BCUT2D eigenvalue weighted by Gasteiger charge is -2.18. The first-order chi connectivity index (χ1) is 12.0. The van der Waals surface area contributed by atoms with Gasteiger partial charge in [0.25, 0.3) is 5.91 Å². The van der Waals surface area contributed by atoms with Crippen LogP contribution in [0.25, 0.3) is 6.08 Å². The van der Waals surface area contributed by atoms with Crippen LogP contribution in [0, 0.1) is 25.2 Å². The minimum atomic E-state index is -0.484. The van der Waals surface area contributed by atoms with Gasteiger partial charge in [-0.05, 0) is 32.1 Å². The predicted molar refractivity (Wildman–Crippen MR) is 92.3 cm³/mol. The molecule has 0 radical (unpaired) electrons. The maximum absolute atomic E-state index is 12.4. The van der Waals surface area contributed by atoms with E-state index in [1.807, 2.05) is 27.0 Å². The summed E-state index contributed by atoms with van der Waals surface area (Å²) < 4.78 is 12.7. The van der Waals surface area contributed by atoms with Gasteiger partial charge in [0.05, 0.1) is 5.69 Å². The number of rotatable bonds is 3. The minimum Gasteiger partial charge on any atom is -0.486 e. The second-order valence-electron chi connectivity index (χ2n) is 5.69. The van der Waals surface area contributed by atoms with E-state index >= 15 is 0 Å². The Labute approximate surface area is 145 Å². The first kappa shape index (κ1) is 16.6. The van der Waals surface area contributed by atoms with E-state index in [0.29, 0.717) is 30.4 Å². The number of nitriles is 1. The van der Waals surface area contributed by atoms with Crippen molar-refractivity contribution >= 4 is 17.7 Å². The SMILES string of the molecule is Cc1nn(C)c(C)c1C=C(C#N)C(=O)Nc1ccc2c(c1)OCCO2. The fourth-order valence-corrected chi connectivity index (χ4v) is 2.61. The van der Waals surface area contributed by atoms with Crippen molar-refractivity contribution in [3.05, 3.63) is 40.7 Å². The molecule has 25 heavy (non-hydrogen) atoms. The maximum atomic E-state index is 12.4. The molecule has 3 rings (SSSR count). The number of carbonyl (C=O) groups is 1. The number of nitrogens with one attached hydrogen (secondary N) is 1. The van der Waals surface area contributed by atoms with Crippen LogP contribution in [0.15, 0.2) is 23.8 Å². The molecule has 7 heteroatoms. The van der Waals surface area contributed by atoms with Crippen molar-refractivity contribution in [1.29, 1.82) is 5.26 Å². The van der Waals surface area contributed by atoms with Crippen molar-refractivity contribution in [1.82, 2.24) is 9.78 Å². The summed E-state index contributed by atoms with van der Waals surface area (Å²) in [6.07, 6.45) is 1.56. The van der Waals surface area contributed by atoms with Crippen LogP contribution in [-0.4, -0.2) is 28.9 Å². The lowest BCUT2D eigenvalue weighted by molar-refractivity contribution is -0.112. The molecule has 1 aromatic heterocycles. The van der Waals surface area contributed by atoms with Gasteiger partial charge in [0.2, 0.25) is 0 Å². The van der Waals surface area contributed by atoms with Crippen molar-refractivity contribution < 1.29 is 14.3 Å². The number of benzene rings is 1. The Morgan fingerprint density at radius 1 is 1.32 bits per heavy atom. The van der Waals surface area contributed by atoms with E-state index in [1.54, 1.807) is 29.0 Å². The third kappa shape index (κ3) is 3.33. The molecule has 128 valence electrons. The van der Waals surface area contributed by atoms with E-state index in [0.717, 1.165) is 17.0 Å². The number of aryl methyl sites for hydroxylation is 2. The summed E-state index contributed by atoms with van der Waals surface area (Å²) in [4.78, 5) is 12.4. The quantitative estimate of drug-likeness (QED) is 0.685. The van der Waals surface area contributed by atoms with Gasteiger partial charge in [-0.2, -0.15) is 10.4 Å². The molecule has 0 saturated heterocycles. The molecule has 0 saturated carbocycles. The van der Waals surface area contributed by atoms with Gasteiger partial charge in [-0.1, -0.05) is 0 Å². The molecule has 0 fully saturated rings. The zero-order valence-electron chi connectivity index (χ0n) is 14.3. The highest BCUT2D eigenvalue weighted by atomic mass is 16.6. The first-order valence-corrected chi connectivity index (χ1v) is 7.82. The minimum absolute atomic E-state index is 0.00842. The van der Waals surface area contributed by atoms with E-state index in [9.17, 15) is 10.1 Å². The van der Waals surface area contributed by atoms with Crippen molar-refractivity contribution in [3.8, 4) is 17.6 Å². The highest BCUT2D eigenvalue weighted by Gasteiger charge is 2.16. The Balaban J connectivity index is 1.84. The number of hydrogen-bond donors (Lipinski definition) is 1. The van der Waals surface area contributed by atoms with Gasteiger partial charge in [-0.25, -0.2) is 0 Å². The molecule has 1 amide bonds. The van der Waals surface area contributed by atoms with E-state index < -0.39 is 5.91 Å². The number of carbonyl (C=O) groups excluding carboxylic acids is 1. The molecule has 0 bridgehead atoms. The van der Waals surface area contributed by atoms with Gasteiger partial charge in [0.15, 0.2) is 11.5 Å². The predicted octanol–water partition coefficient (Wildman–Crippen LogP) is 2.35. The van der Waals surface area contributed by atoms with E-state index in [-0.39, 0.29) is 5.57 Å². The van der Waals surface area contributed by atoms with Gasteiger partial charge in [-0.15, -0.1) is 0 Å². The summed E-state index contributed by atoms with van der Waals surface area (Å²) in [5, 5.41) is 16.4. The van der Waals surface area contributed by atoms with Crippen molar-refractivity contribution in [3.63, 3.8) is 0 Å². The molecule has 1 aromatic carbocycles. The number of anilines is 1. The van der Waals surface area contributed by atoms with Crippen LogP contribution in [0.1, 0.15) is 17.0 Å². The Morgan fingerprint density at radius 2 is 2.04 bits per heavy atom. The molecule has 2 heterocycles. The highest BCUT2D eigenvalue weighted by molar-refractivity contribution is 6.09. The number of amides is 1. The van der Waals surface area contributed by atoms with Crippen LogP contribution < -0.4 is 14.8 Å². The van der Waals surface area contributed by atoms with Gasteiger partial charge in [-0.3, -0.25) is 9.48 Å². The Kier molecular flexibility index (Phi) is 4.44. The lowest BCUT2D eigenvalue weighted by Crippen LogP contribution is -2.17. The third-order valence-corrected chi connectivity index (χ3v) is 4.02. The molecule has 1 aliphatic rings. The number of ether oxygens (including phenoxy) is 2. The fourth-order valence-electron chi connectivity index (χ4n) is 2.61. The van der Waals surface area contributed by atoms with Crippen LogP contribution in [0.4, 0.5) is 5.69 Å². The van der Waals surface area contributed by atoms with Crippen LogP contribution in [0.3, 0.4) is 0 Å². The molecule has 0 unspecified atom stereocenters. The summed E-state index contributed by atoms with van der Waals surface area (Å²) >= 11 is 0. The highest BCUT2D eigenvalue weighted by Crippen LogP contribution is 2.32. The first-order valence-electron chi connectivity index (χ1n) is 7.82. The van der Waals surface area contributed by atoms with Gasteiger partial charge in [0, 0.05) is 30.1 Å². The topological polar surface area (TPSA) is 89.2 Å². The van der Waals surface area contributed by atoms with Gasteiger partial charge >= 0.3 is 0 Å². The fraction of sp³-hybridized carbons (Fsp3) is 0.278. The number of fused-ring (bicyclic) bond motifs is 1. The summed E-state index contributed by atoms with van der Waals surface area (Å²) in [5.74, 6) is 0.731. The molecular formula is C18H18N4O3. The molecule has 2 aromatic rings. The van der Waals surface area contributed by atoms with E-state index in [2.05, 4.69) is 10.4 Å². The van der Waals surface area contributed by atoms with Crippen LogP contribution in [0.5, 0.6) is 11.5 Å². The van der Waals surface area contributed by atoms with E-state index in [1.165, 1.54) is 0 Å². The van der Waals surface area contributed by atoms with Crippen LogP contribution in [0.2, 0.25) is 0 Å². The van der Waals surface area contributed by atoms with Crippen molar-refractivity contribution in [2.24, 2.45) is 7.05 Å². The molecule has 0 atom stereocenters.